The summed E-state index contributed by atoms with van der Waals surface area (Å²) in [5, 5.41) is 3.49. The van der Waals surface area contributed by atoms with Crippen molar-refractivity contribution in [2.24, 2.45) is 5.92 Å². The lowest BCUT2D eigenvalue weighted by atomic mass is 10.1. The summed E-state index contributed by atoms with van der Waals surface area (Å²) in [5.41, 5.74) is 2.62. The highest BCUT2D eigenvalue weighted by atomic mass is 35.5. The van der Waals surface area contributed by atoms with Crippen molar-refractivity contribution in [3.63, 3.8) is 0 Å². The van der Waals surface area contributed by atoms with Gasteiger partial charge in [0.15, 0.2) is 0 Å². The number of fused-ring (bicyclic) bond motifs is 1. The molecule has 0 spiro atoms. The second-order valence-corrected chi connectivity index (χ2v) is 7.03. The fourth-order valence-electron chi connectivity index (χ4n) is 3.24. The van der Waals surface area contributed by atoms with Crippen LogP contribution in [0.1, 0.15) is 17.8 Å². The fourth-order valence-corrected chi connectivity index (χ4v) is 3.41. The molecule has 2 amide bonds. The number of hydrogen-bond donors (Lipinski definition) is 2. The summed E-state index contributed by atoms with van der Waals surface area (Å²) in [4.78, 5) is 37.9. The van der Waals surface area contributed by atoms with Gasteiger partial charge in [0.2, 0.25) is 11.8 Å². The van der Waals surface area contributed by atoms with Crippen LogP contribution in [-0.2, 0) is 22.7 Å². The van der Waals surface area contributed by atoms with Gasteiger partial charge in [0, 0.05) is 36.9 Å². The summed E-state index contributed by atoms with van der Waals surface area (Å²) in [6.45, 7) is 1.19. The lowest BCUT2D eigenvalue weighted by Crippen LogP contribution is -2.32. The molecule has 0 saturated carbocycles. The molecule has 1 aliphatic rings. The minimum Gasteiger partial charge on any atom is -0.349 e. The molecule has 3 aromatic rings. The number of rotatable bonds is 5. The van der Waals surface area contributed by atoms with E-state index in [-0.39, 0.29) is 30.7 Å². The molecule has 3 heterocycles. The third-order valence-corrected chi connectivity index (χ3v) is 4.87. The second kappa shape index (κ2) is 7.36. The van der Waals surface area contributed by atoms with Crippen molar-refractivity contribution < 1.29 is 9.59 Å². The van der Waals surface area contributed by atoms with E-state index in [0.717, 1.165) is 16.6 Å². The van der Waals surface area contributed by atoms with Crippen LogP contribution < -0.4 is 5.32 Å². The van der Waals surface area contributed by atoms with Crippen LogP contribution in [0.5, 0.6) is 0 Å². The van der Waals surface area contributed by atoms with Gasteiger partial charge in [-0.2, -0.15) is 0 Å². The summed E-state index contributed by atoms with van der Waals surface area (Å²) < 4.78 is 0. The molecule has 0 aliphatic carbocycles. The van der Waals surface area contributed by atoms with Gasteiger partial charge in [0.05, 0.1) is 23.5 Å². The van der Waals surface area contributed by atoms with E-state index >= 15 is 0 Å². The maximum atomic E-state index is 12.5. The molecule has 1 atom stereocenters. The van der Waals surface area contributed by atoms with Gasteiger partial charge in [0.25, 0.3) is 0 Å². The monoisotopic (exact) mass is 383 g/mol. The Bertz CT molecular complexity index is 988. The third kappa shape index (κ3) is 3.93. The number of aromatic amines is 1. The molecule has 1 fully saturated rings. The average Bonchev–Trinajstić information content (AvgIpc) is 3.23. The van der Waals surface area contributed by atoms with Gasteiger partial charge >= 0.3 is 0 Å². The number of benzene rings is 1. The predicted octanol–water partition coefficient (Wildman–Crippen LogP) is 2.28. The number of halogens is 1. The number of nitrogens with zero attached hydrogens (tertiary/aromatic N) is 3. The number of pyridine rings is 1. The summed E-state index contributed by atoms with van der Waals surface area (Å²) in [7, 11) is 0. The van der Waals surface area contributed by atoms with E-state index < -0.39 is 0 Å². The van der Waals surface area contributed by atoms with Gasteiger partial charge in [-0.1, -0.05) is 11.6 Å². The highest BCUT2D eigenvalue weighted by Crippen LogP contribution is 2.21. The number of amides is 2. The summed E-state index contributed by atoms with van der Waals surface area (Å²) in [6.07, 6.45) is 3.62. The zero-order valence-electron chi connectivity index (χ0n) is 14.5. The van der Waals surface area contributed by atoms with Gasteiger partial charge in [-0.05, 0) is 35.9 Å². The standard InChI is InChI=1S/C19H18ClN5O2/c20-14-1-2-15-16(8-14)24-17(23-15)9-22-19(27)13-7-18(26)25(11-13)10-12-3-5-21-6-4-12/h1-6,8,13H,7,9-11H2,(H,22,27)(H,23,24)/t13-/m1/s1. The Balaban J connectivity index is 1.34. The Labute approximate surface area is 160 Å². The number of likely N-dealkylation sites (tertiary alicyclic amines) is 1. The Kier molecular flexibility index (Phi) is 4.77. The van der Waals surface area contributed by atoms with Crippen molar-refractivity contribution >= 4 is 34.4 Å². The van der Waals surface area contributed by atoms with Crippen molar-refractivity contribution in [2.45, 2.75) is 19.5 Å². The number of carbonyl (C=O) groups is 2. The summed E-state index contributed by atoms with van der Waals surface area (Å²) >= 11 is 5.97. The molecule has 27 heavy (non-hydrogen) atoms. The Morgan fingerprint density at radius 2 is 2.11 bits per heavy atom. The van der Waals surface area contributed by atoms with Gasteiger partial charge in [-0.25, -0.2) is 4.98 Å². The molecular formula is C19H18ClN5O2. The van der Waals surface area contributed by atoms with Crippen LogP contribution in [0, 0.1) is 5.92 Å². The van der Waals surface area contributed by atoms with Crippen LogP contribution >= 0.6 is 11.6 Å². The molecule has 0 radical (unpaired) electrons. The van der Waals surface area contributed by atoms with E-state index in [1.54, 1.807) is 29.4 Å². The maximum Gasteiger partial charge on any atom is 0.225 e. The minimum absolute atomic E-state index is 0.00894. The van der Waals surface area contributed by atoms with Crippen LogP contribution in [0.3, 0.4) is 0 Å². The molecule has 1 saturated heterocycles. The van der Waals surface area contributed by atoms with E-state index in [0.29, 0.717) is 23.9 Å². The van der Waals surface area contributed by atoms with Crippen LogP contribution in [-0.4, -0.2) is 38.2 Å². The number of imidazole rings is 1. The Hall–Kier alpha value is -2.93. The van der Waals surface area contributed by atoms with E-state index in [1.165, 1.54) is 0 Å². The lowest BCUT2D eigenvalue weighted by molar-refractivity contribution is -0.129. The molecule has 1 aliphatic heterocycles. The first kappa shape index (κ1) is 17.5. The van der Waals surface area contributed by atoms with Gasteiger partial charge in [-0.15, -0.1) is 0 Å². The van der Waals surface area contributed by atoms with Crippen LogP contribution in [0.15, 0.2) is 42.7 Å². The molecular weight excluding hydrogens is 366 g/mol. The highest BCUT2D eigenvalue weighted by molar-refractivity contribution is 6.31. The predicted molar refractivity (Wildman–Crippen MR) is 101 cm³/mol. The van der Waals surface area contributed by atoms with Crippen LogP contribution in [0.25, 0.3) is 11.0 Å². The number of aromatic nitrogens is 3. The van der Waals surface area contributed by atoms with Crippen LogP contribution in [0.4, 0.5) is 0 Å². The first-order chi connectivity index (χ1) is 13.1. The molecule has 8 heteroatoms. The summed E-state index contributed by atoms with van der Waals surface area (Å²) in [5.74, 6) is 0.154. The normalized spacial score (nSPS) is 16.9. The fraction of sp³-hybridized carbons (Fsp3) is 0.263. The van der Waals surface area contributed by atoms with Gasteiger partial charge in [-0.3, -0.25) is 14.6 Å². The first-order valence-corrected chi connectivity index (χ1v) is 9.05. The topological polar surface area (TPSA) is 91.0 Å². The molecule has 7 nitrogen and oxygen atoms in total. The van der Waals surface area contributed by atoms with E-state index in [9.17, 15) is 9.59 Å². The Morgan fingerprint density at radius 3 is 2.93 bits per heavy atom. The SMILES string of the molecule is O=C(NCc1nc2ccc(Cl)cc2[nH]1)[C@@H]1CC(=O)N(Cc2ccncc2)C1. The van der Waals surface area contributed by atoms with Crippen LogP contribution in [0.2, 0.25) is 5.02 Å². The third-order valence-electron chi connectivity index (χ3n) is 4.63. The lowest BCUT2D eigenvalue weighted by Gasteiger charge is -2.16. The Morgan fingerprint density at radius 1 is 1.30 bits per heavy atom. The zero-order valence-corrected chi connectivity index (χ0v) is 15.2. The maximum absolute atomic E-state index is 12.5. The van der Waals surface area contributed by atoms with Gasteiger partial charge < -0.3 is 15.2 Å². The van der Waals surface area contributed by atoms with E-state index in [2.05, 4.69) is 20.3 Å². The number of carbonyl (C=O) groups excluding carboxylic acids is 2. The number of H-pyrrole nitrogens is 1. The van der Waals surface area contributed by atoms with Gasteiger partial charge in [0.1, 0.15) is 5.82 Å². The molecule has 2 aromatic heterocycles. The number of hydrogen-bond acceptors (Lipinski definition) is 4. The van der Waals surface area contributed by atoms with Crippen molar-refractivity contribution in [3.8, 4) is 0 Å². The number of nitrogens with one attached hydrogen (secondary N) is 2. The first-order valence-electron chi connectivity index (χ1n) is 8.67. The summed E-state index contributed by atoms with van der Waals surface area (Å²) in [6, 6.07) is 9.13. The van der Waals surface area contributed by atoms with Crippen molar-refractivity contribution in [1.29, 1.82) is 0 Å². The highest BCUT2D eigenvalue weighted by Gasteiger charge is 2.34. The van der Waals surface area contributed by atoms with Crippen molar-refractivity contribution in [2.75, 3.05) is 6.54 Å². The van der Waals surface area contributed by atoms with E-state index in [1.807, 2.05) is 18.2 Å². The zero-order chi connectivity index (χ0) is 18.8. The minimum atomic E-state index is -0.349. The smallest absolute Gasteiger partial charge is 0.225 e. The molecule has 0 bridgehead atoms. The largest absolute Gasteiger partial charge is 0.349 e. The molecule has 1 aromatic carbocycles. The molecule has 2 N–H and O–H groups in total. The molecule has 138 valence electrons. The second-order valence-electron chi connectivity index (χ2n) is 6.59. The molecule has 0 unspecified atom stereocenters. The molecule has 4 rings (SSSR count). The van der Waals surface area contributed by atoms with Crippen molar-refractivity contribution in [1.82, 2.24) is 25.2 Å². The van der Waals surface area contributed by atoms with E-state index in [4.69, 9.17) is 11.6 Å². The quantitative estimate of drug-likeness (QED) is 0.707. The average molecular weight is 384 g/mol. The van der Waals surface area contributed by atoms with Crippen molar-refractivity contribution in [3.05, 3.63) is 59.1 Å².